The van der Waals surface area contributed by atoms with Crippen molar-refractivity contribution in [2.45, 2.75) is 12.8 Å². The van der Waals surface area contributed by atoms with Crippen molar-refractivity contribution in [2.24, 2.45) is 0 Å². The lowest BCUT2D eigenvalue weighted by atomic mass is 10.1. The molecular weight excluding hydrogens is 360 g/mol. The molecular formula is C20H22N4O4. The number of rotatable bonds is 6. The van der Waals surface area contributed by atoms with Gasteiger partial charge in [0.05, 0.1) is 11.5 Å². The van der Waals surface area contributed by atoms with Crippen LogP contribution in [0.25, 0.3) is 0 Å². The van der Waals surface area contributed by atoms with E-state index in [0.717, 1.165) is 25.9 Å². The number of hydrogen-bond acceptors (Lipinski definition) is 5. The lowest BCUT2D eigenvalue weighted by Gasteiger charge is -2.20. The monoisotopic (exact) mass is 382 g/mol. The van der Waals surface area contributed by atoms with E-state index in [9.17, 15) is 19.7 Å². The number of nitro benzene ring substituents is 1. The number of amides is 2. The standard InChI is InChI=1S/C20H22N4O4/c1-22(14-19(25)21-16-7-3-2-4-8-16)20(26)15-9-10-17(18(13-15)24(27)28)23-11-5-6-12-23/h2-4,7-10,13H,5-6,11-12,14H2,1H3,(H,21,25). The summed E-state index contributed by atoms with van der Waals surface area (Å²) < 4.78 is 0. The molecule has 8 nitrogen and oxygen atoms in total. The van der Waals surface area contributed by atoms with Gasteiger partial charge in [0.15, 0.2) is 0 Å². The normalized spacial score (nSPS) is 13.2. The van der Waals surface area contributed by atoms with Crippen molar-refractivity contribution in [1.29, 1.82) is 0 Å². The van der Waals surface area contributed by atoms with Gasteiger partial charge in [-0.3, -0.25) is 19.7 Å². The highest BCUT2D eigenvalue weighted by Crippen LogP contribution is 2.31. The van der Waals surface area contributed by atoms with Crippen LogP contribution in [0.2, 0.25) is 0 Å². The van der Waals surface area contributed by atoms with Crippen molar-refractivity contribution < 1.29 is 14.5 Å². The molecule has 8 heteroatoms. The largest absolute Gasteiger partial charge is 0.366 e. The highest BCUT2D eigenvalue weighted by Gasteiger charge is 2.25. The third-order valence-corrected chi connectivity index (χ3v) is 4.65. The van der Waals surface area contributed by atoms with E-state index in [-0.39, 0.29) is 23.7 Å². The molecule has 1 saturated heterocycles. The Balaban J connectivity index is 1.71. The zero-order valence-electron chi connectivity index (χ0n) is 15.6. The van der Waals surface area contributed by atoms with Gasteiger partial charge in [-0.2, -0.15) is 0 Å². The maximum absolute atomic E-state index is 12.6. The van der Waals surface area contributed by atoms with Crippen LogP contribution in [0.1, 0.15) is 23.2 Å². The van der Waals surface area contributed by atoms with Crippen molar-refractivity contribution in [1.82, 2.24) is 4.90 Å². The molecule has 2 amide bonds. The summed E-state index contributed by atoms with van der Waals surface area (Å²) in [5.41, 5.74) is 1.27. The van der Waals surface area contributed by atoms with Crippen molar-refractivity contribution >= 4 is 28.9 Å². The fraction of sp³-hybridized carbons (Fsp3) is 0.300. The van der Waals surface area contributed by atoms with Crippen molar-refractivity contribution in [2.75, 3.05) is 36.9 Å². The Morgan fingerprint density at radius 3 is 2.46 bits per heavy atom. The number of nitrogens with one attached hydrogen (secondary N) is 1. The van der Waals surface area contributed by atoms with E-state index in [4.69, 9.17) is 0 Å². The van der Waals surface area contributed by atoms with Gasteiger partial charge in [0.1, 0.15) is 5.69 Å². The van der Waals surface area contributed by atoms with Crippen LogP contribution in [-0.4, -0.2) is 48.3 Å². The lowest BCUT2D eigenvalue weighted by molar-refractivity contribution is -0.384. The fourth-order valence-corrected chi connectivity index (χ4v) is 3.26. The molecule has 1 aliphatic heterocycles. The Hall–Kier alpha value is -3.42. The molecule has 3 rings (SSSR count). The number of nitro groups is 1. The topological polar surface area (TPSA) is 95.8 Å². The van der Waals surface area contributed by atoms with Gasteiger partial charge in [0, 0.05) is 37.5 Å². The van der Waals surface area contributed by atoms with Gasteiger partial charge < -0.3 is 15.1 Å². The van der Waals surface area contributed by atoms with E-state index in [1.54, 1.807) is 36.4 Å². The van der Waals surface area contributed by atoms with Gasteiger partial charge in [-0.05, 0) is 37.1 Å². The first-order valence-corrected chi connectivity index (χ1v) is 9.09. The van der Waals surface area contributed by atoms with Crippen LogP contribution < -0.4 is 10.2 Å². The van der Waals surface area contributed by atoms with Gasteiger partial charge >= 0.3 is 0 Å². The zero-order valence-corrected chi connectivity index (χ0v) is 15.6. The summed E-state index contributed by atoms with van der Waals surface area (Å²) >= 11 is 0. The first-order valence-electron chi connectivity index (χ1n) is 9.09. The minimum atomic E-state index is -0.466. The number of para-hydroxylation sites is 1. The summed E-state index contributed by atoms with van der Waals surface area (Å²) in [5.74, 6) is -0.787. The summed E-state index contributed by atoms with van der Waals surface area (Å²) in [6.45, 7) is 1.39. The first-order chi connectivity index (χ1) is 13.5. The van der Waals surface area contributed by atoms with Gasteiger partial charge in [-0.1, -0.05) is 18.2 Å². The van der Waals surface area contributed by atoms with Crippen molar-refractivity contribution in [3.05, 3.63) is 64.2 Å². The Morgan fingerprint density at radius 2 is 1.82 bits per heavy atom. The first kappa shape index (κ1) is 19.3. The van der Waals surface area contributed by atoms with Crippen LogP contribution in [0.4, 0.5) is 17.1 Å². The lowest BCUT2D eigenvalue weighted by Crippen LogP contribution is -2.35. The molecule has 0 saturated carbocycles. The molecule has 1 N–H and O–H groups in total. The zero-order chi connectivity index (χ0) is 20.1. The molecule has 28 heavy (non-hydrogen) atoms. The molecule has 146 valence electrons. The smallest absolute Gasteiger partial charge is 0.293 e. The molecule has 0 unspecified atom stereocenters. The van der Waals surface area contributed by atoms with Crippen LogP contribution >= 0.6 is 0 Å². The number of carbonyl (C=O) groups excluding carboxylic acids is 2. The minimum Gasteiger partial charge on any atom is -0.366 e. The van der Waals surface area contributed by atoms with E-state index in [1.807, 2.05) is 11.0 Å². The third kappa shape index (κ3) is 4.46. The van der Waals surface area contributed by atoms with Gasteiger partial charge in [-0.15, -0.1) is 0 Å². The van der Waals surface area contributed by atoms with E-state index < -0.39 is 10.8 Å². The van der Waals surface area contributed by atoms with Gasteiger partial charge in [0.2, 0.25) is 5.91 Å². The average molecular weight is 382 g/mol. The summed E-state index contributed by atoms with van der Waals surface area (Å²) in [7, 11) is 1.49. The number of benzene rings is 2. The Bertz CT molecular complexity index is 879. The third-order valence-electron chi connectivity index (χ3n) is 4.65. The predicted octanol–water partition coefficient (Wildman–Crippen LogP) is 2.91. The van der Waals surface area contributed by atoms with E-state index in [2.05, 4.69) is 5.32 Å². The molecule has 0 atom stereocenters. The van der Waals surface area contributed by atoms with E-state index in [0.29, 0.717) is 11.4 Å². The molecule has 1 fully saturated rings. The number of anilines is 2. The summed E-state index contributed by atoms with van der Waals surface area (Å²) in [6.07, 6.45) is 1.99. The SMILES string of the molecule is CN(CC(=O)Nc1ccccc1)C(=O)c1ccc(N2CCCC2)c([N+](=O)[O-])c1. The fourth-order valence-electron chi connectivity index (χ4n) is 3.26. The molecule has 2 aromatic rings. The Labute approximate surface area is 162 Å². The van der Waals surface area contributed by atoms with Crippen molar-refractivity contribution in [3.8, 4) is 0 Å². The van der Waals surface area contributed by atoms with Gasteiger partial charge in [0.25, 0.3) is 11.6 Å². The van der Waals surface area contributed by atoms with Gasteiger partial charge in [-0.25, -0.2) is 0 Å². The molecule has 2 aromatic carbocycles. The summed E-state index contributed by atoms with van der Waals surface area (Å²) in [5, 5.41) is 14.2. The van der Waals surface area contributed by atoms with Crippen LogP contribution in [0.5, 0.6) is 0 Å². The molecule has 0 bridgehead atoms. The Morgan fingerprint density at radius 1 is 1.14 bits per heavy atom. The van der Waals surface area contributed by atoms with Crippen LogP contribution in [-0.2, 0) is 4.79 Å². The van der Waals surface area contributed by atoms with Crippen LogP contribution in [0.3, 0.4) is 0 Å². The molecule has 0 aromatic heterocycles. The highest BCUT2D eigenvalue weighted by atomic mass is 16.6. The second-order valence-corrected chi connectivity index (χ2v) is 6.73. The quantitative estimate of drug-likeness (QED) is 0.612. The maximum Gasteiger partial charge on any atom is 0.293 e. The maximum atomic E-state index is 12.6. The molecule has 1 heterocycles. The predicted molar refractivity (Wildman–Crippen MR) is 107 cm³/mol. The van der Waals surface area contributed by atoms with Crippen LogP contribution in [0, 0.1) is 10.1 Å². The molecule has 0 radical (unpaired) electrons. The minimum absolute atomic E-state index is 0.0881. The molecule has 0 spiro atoms. The summed E-state index contributed by atoms with van der Waals surface area (Å²) in [6, 6.07) is 13.4. The van der Waals surface area contributed by atoms with Crippen molar-refractivity contribution in [3.63, 3.8) is 0 Å². The second-order valence-electron chi connectivity index (χ2n) is 6.73. The molecule has 1 aliphatic rings. The Kier molecular flexibility index (Phi) is 5.88. The number of carbonyl (C=O) groups is 2. The van der Waals surface area contributed by atoms with E-state index >= 15 is 0 Å². The number of likely N-dealkylation sites (N-methyl/N-ethyl adjacent to an activating group) is 1. The number of nitrogens with zero attached hydrogens (tertiary/aromatic N) is 3. The molecule has 0 aliphatic carbocycles. The second kappa shape index (κ2) is 8.51. The van der Waals surface area contributed by atoms with Crippen LogP contribution in [0.15, 0.2) is 48.5 Å². The van der Waals surface area contributed by atoms with E-state index in [1.165, 1.54) is 18.0 Å². The highest BCUT2D eigenvalue weighted by molar-refractivity contribution is 6.00. The number of hydrogen-bond donors (Lipinski definition) is 1. The average Bonchev–Trinajstić information content (AvgIpc) is 3.22. The summed E-state index contributed by atoms with van der Waals surface area (Å²) in [4.78, 5) is 39.0.